The highest BCUT2D eigenvalue weighted by atomic mass is 79.9. The maximum absolute atomic E-state index is 12.3. The first-order valence-electron chi connectivity index (χ1n) is 10.4. The van der Waals surface area contributed by atoms with Gasteiger partial charge in [-0.2, -0.15) is 34.8 Å². The van der Waals surface area contributed by atoms with Crippen molar-refractivity contribution in [2.75, 3.05) is 6.54 Å². The van der Waals surface area contributed by atoms with Gasteiger partial charge in [0.25, 0.3) is 0 Å². The molecule has 0 radical (unpaired) electrons. The van der Waals surface area contributed by atoms with Crippen LogP contribution in [0.25, 0.3) is 0 Å². The van der Waals surface area contributed by atoms with E-state index in [1.807, 2.05) is 30.3 Å². The molecule has 39 heavy (non-hydrogen) atoms. The van der Waals surface area contributed by atoms with E-state index in [9.17, 15) is 35.9 Å². The Balaban J connectivity index is 0.000000620. The molecular formula is C23H25Br2F6NO6S. The highest BCUT2D eigenvalue weighted by Gasteiger charge is 2.43. The molecule has 3 rings (SSSR count). The van der Waals surface area contributed by atoms with E-state index in [0.717, 1.165) is 30.5 Å². The third-order valence-electron chi connectivity index (χ3n) is 4.78. The fourth-order valence-electron chi connectivity index (χ4n) is 3.16. The van der Waals surface area contributed by atoms with Crippen LogP contribution < -0.4 is 0 Å². The first kappa shape index (κ1) is 37.0. The number of carbonyl (C=O) groups excluding carboxylic acids is 2. The van der Waals surface area contributed by atoms with Gasteiger partial charge in [-0.15, -0.1) is 0 Å². The molecule has 0 aromatic heterocycles. The summed E-state index contributed by atoms with van der Waals surface area (Å²) >= 11 is 6.57. The van der Waals surface area contributed by atoms with Crippen LogP contribution in [0.1, 0.15) is 37.0 Å². The van der Waals surface area contributed by atoms with Crippen molar-refractivity contribution in [3.63, 3.8) is 0 Å². The van der Waals surface area contributed by atoms with Crippen LogP contribution in [0.15, 0.2) is 51.4 Å². The summed E-state index contributed by atoms with van der Waals surface area (Å²) in [6.07, 6.45) is -8.78. The van der Waals surface area contributed by atoms with E-state index in [-0.39, 0.29) is 26.9 Å². The Bertz CT molecular complexity index is 1210. The molecule has 0 bridgehead atoms. The second kappa shape index (κ2) is 15.7. The molecule has 1 amide bonds. The molecule has 1 aliphatic rings. The summed E-state index contributed by atoms with van der Waals surface area (Å²) in [4.78, 5) is 22.5. The van der Waals surface area contributed by atoms with E-state index in [2.05, 4.69) is 31.9 Å². The van der Waals surface area contributed by atoms with E-state index in [1.165, 1.54) is 0 Å². The van der Waals surface area contributed by atoms with Crippen molar-refractivity contribution in [1.82, 2.24) is 4.90 Å². The first-order chi connectivity index (χ1) is 17.3. The van der Waals surface area contributed by atoms with Gasteiger partial charge in [-0.1, -0.05) is 57.5 Å². The van der Waals surface area contributed by atoms with Crippen molar-refractivity contribution in [3.8, 4) is 0 Å². The lowest BCUT2D eigenvalue weighted by atomic mass is 10.00. The van der Waals surface area contributed by atoms with Crippen molar-refractivity contribution in [1.29, 1.82) is 0 Å². The van der Waals surface area contributed by atoms with Crippen LogP contribution in [-0.2, 0) is 39.4 Å². The number of rotatable bonds is 4. The summed E-state index contributed by atoms with van der Waals surface area (Å²) in [6.45, 7) is 0.142. The van der Waals surface area contributed by atoms with Gasteiger partial charge in [0.15, 0.2) is 0 Å². The number of halogens is 8. The number of hydrogen-bond acceptors (Lipinski definition) is 4. The van der Waals surface area contributed by atoms with Crippen molar-refractivity contribution in [3.05, 3.63) is 68.1 Å². The van der Waals surface area contributed by atoms with Gasteiger partial charge < -0.3 is 4.90 Å². The summed E-state index contributed by atoms with van der Waals surface area (Å²) in [6, 6.07) is 12.7. The molecule has 220 valence electrons. The SMILES string of the molecule is C.O=C(CCCc1cccc(Br)c1)C(F)(F)F.O=C(N1CCc2cc(Br)ccc2C1)C(F)(F)F.O=S(=O)(O)O. The number of alkyl halides is 6. The van der Waals surface area contributed by atoms with Gasteiger partial charge in [-0.3, -0.25) is 18.7 Å². The molecule has 0 saturated carbocycles. The fourth-order valence-corrected chi connectivity index (χ4v) is 4.02. The van der Waals surface area contributed by atoms with Gasteiger partial charge in [0, 0.05) is 28.5 Å². The van der Waals surface area contributed by atoms with Crippen molar-refractivity contribution >= 4 is 53.9 Å². The predicted molar refractivity (Wildman–Crippen MR) is 138 cm³/mol. The molecule has 1 heterocycles. The second-order valence-corrected chi connectivity index (χ2v) is 10.5. The molecule has 0 fully saturated rings. The van der Waals surface area contributed by atoms with Gasteiger partial charge in [0.05, 0.1) is 0 Å². The van der Waals surface area contributed by atoms with E-state index in [1.54, 1.807) is 12.1 Å². The minimum Gasteiger partial charge on any atom is -0.330 e. The summed E-state index contributed by atoms with van der Waals surface area (Å²) in [7, 11) is -4.67. The Morgan fingerprint density at radius 2 is 1.46 bits per heavy atom. The normalized spacial score (nSPS) is 13.0. The molecule has 16 heteroatoms. The minimum atomic E-state index is -4.78. The topological polar surface area (TPSA) is 112 Å². The number of Topliss-reactive ketones (excluding diaryl/α,β-unsaturated/α-hetero) is 1. The van der Waals surface area contributed by atoms with E-state index < -0.39 is 40.9 Å². The number of fused-ring (bicyclic) bond motifs is 1. The molecule has 2 N–H and O–H groups in total. The Morgan fingerprint density at radius 3 is 1.97 bits per heavy atom. The molecule has 2 aromatic carbocycles. The van der Waals surface area contributed by atoms with Crippen LogP contribution >= 0.6 is 31.9 Å². The molecule has 0 spiro atoms. The Morgan fingerprint density at radius 1 is 0.897 bits per heavy atom. The first-order valence-corrected chi connectivity index (χ1v) is 13.4. The molecule has 2 aromatic rings. The number of nitrogens with zero attached hydrogens (tertiary/aromatic N) is 1. The highest BCUT2D eigenvalue weighted by molar-refractivity contribution is 9.10. The lowest BCUT2D eigenvalue weighted by molar-refractivity contribution is -0.186. The van der Waals surface area contributed by atoms with Crippen LogP contribution in [-0.4, -0.2) is 53.0 Å². The van der Waals surface area contributed by atoms with Gasteiger partial charge in [0.2, 0.25) is 5.78 Å². The van der Waals surface area contributed by atoms with Crippen LogP contribution in [0.5, 0.6) is 0 Å². The van der Waals surface area contributed by atoms with Crippen molar-refractivity contribution in [2.24, 2.45) is 0 Å². The zero-order valence-corrected chi connectivity index (χ0v) is 23.2. The van der Waals surface area contributed by atoms with Crippen molar-refractivity contribution < 1.29 is 53.5 Å². The average molecular weight is 717 g/mol. The molecule has 0 atom stereocenters. The van der Waals surface area contributed by atoms with Crippen LogP contribution in [0, 0.1) is 0 Å². The maximum atomic E-state index is 12.3. The molecule has 7 nitrogen and oxygen atoms in total. The van der Waals surface area contributed by atoms with Gasteiger partial charge in [0.1, 0.15) is 0 Å². The van der Waals surface area contributed by atoms with Crippen LogP contribution in [0.4, 0.5) is 26.3 Å². The quantitative estimate of drug-likeness (QED) is 0.267. The van der Waals surface area contributed by atoms with E-state index >= 15 is 0 Å². The zero-order valence-electron chi connectivity index (χ0n) is 19.2. The van der Waals surface area contributed by atoms with Gasteiger partial charge in [-0.25, -0.2) is 0 Å². The van der Waals surface area contributed by atoms with Gasteiger partial charge >= 0.3 is 28.7 Å². The number of benzene rings is 2. The smallest absolute Gasteiger partial charge is 0.330 e. The van der Waals surface area contributed by atoms with Crippen LogP contribution in [0.2, 0.25) is 0 Å². The third kappa shape index (κ3) is 15.4. The summed E-state index contributed by atoms with van der Waals surface area (Å²) in [5.41, 5.74) is 2.69. The number of hydrogen-bond donors (Lipinski definition) is 2. The fraction of sp³-hybridized carbons (Fsp3) is 0.391. The Kier molecular flexibility index (Phi) is 14.9. The summed E-state index contributed by atoms with van der Waals surface area (Å²) < 4.78 is 106. The highest BCUT2D eigenvalue weighted by Crippen LogP contribution is 2.26. The van der Waals surface area contributed by atoms with E-state index in [0.29, 0.717) is 12.8 Å². The van der Waals surface area contributed by atoms with Crippen molar-refractivity contribution in [2.45, 2.75) is 52.0 Å². The average Bonchev–Trinajstić information content (AvgIpc) is 2.76. The number of ketones is 1. The lowest BCUT2D eigenvalue weighted by Gasteiger charge is -2.29. The third-order valence-corrected chi connectivity index (χ3v) is 5.77. The number of amides is 1. The molecule has 0 saturated heterocycles. The standard InChI is InChI=1S/C11H9BrF3NO.C11H10BrF3O.CH4.H2O4S/c12-9-2-1-8-6-16(4-3-7(8)5-9)10(17)11(13,14)15;12-9-5-1-3-8(7-9)4-2-6-10(16)11(13,14)15;;1-5(2,3)4/h1-2,5H,3-4,6H2;1,3,5,7H,2,4,6H2;1H4;(H2,1,2,3,4). The van der Waals surface area contributed by atoms with E-state index in [4.69, 9.17) is 17.5 Å². The Hall–Kier alpha value is -2.01. The maximum Gasteiger partial charge on any atom is 0.471 e. The Labute approximate surface area is 238 Å². The minimum absolute atomic E-state index is 0. The largest absolute Gasteiger partial charge is 0.471 e. The molecule has 0 unspecified atom stereocenters. The number of carbonyl (C=O) groups is 2. The number of aryl methyl sites for hydroxylation is 1. The zero-order chi connectivity index (χ0) is 29.3. The summed E-state index contributed by atoms with van der Waals surface area (Å²) in [5, 5.41) is 0. The molecule has 1 aliphatic heterocycles. The monoisotopic (exact) mass is 715 g/mol. The lowest BCUT2D eigenvalue weighted by Crippen LogP contribution is -2.43. The van der Waals surface area contributed by atoms with Gasteiger partial charge in [-0.05, 0) is 60.2 Å². The predicted octanol–water partition coefficient (Wildman–Crippen LogP) is 6.78. The van der Waals surface area contributed by atoms with Crippen LogP contribution in [0.3, 0.4) is 0 Å². The molecular weight excluding hydrogens is 692 g/mol. The summed E-state index contributed by atoms with van der Waals surface area (Å²) in [5.74, 6) is -3.41. The second-order valence-electron chi connectivity index (χ2n) is 7.74. The molecule has 0 aliphatic carbocycles.